The zero-order valence-corrected chi connectivity index (χ0v) is 55.8. The second kappa shape index (κ2) is 22.3. The molecule has 0 saturated carbocycles. The SMILES string of the molecule is c1ccc([Si]2(c3ccccc3)c3ccccc3-c3c(-c4cccc5c(-c6c7cccc(-c8ccc9ccccc9c8)c7cc7c(-c8ccc9ccccc9c8)cccc67)c6cccc(-c7cccc8c7-c7ccccc7[Si]8(c7ccccc7)c7ccccc7)c6cc45)cccc32)cc1. The third kappa shape index (κ3) is 8.17. The lowest BCUT2D eigenvalue weighted by atomic mass is 9.80. The van der Waals surface area contributed by atoms with E-state index in [1.54, 1.807) is 0 Å². The molecule has 0 unspecified atom stereocenters. The molecule has 0 N–H and O–H groups in total. The fraction of sp³-hybridized carbons (Fsp3) is 0. The summed E-state index contributed by atoms with van der Waals surface area (Å²) < 4.78 is 0. The number of rotatable bonds is 9. The molecule has 0 radical (unpaired) electrons. The monoisotopic (exact) mass is 1270 g/mol. The third-order valence-corrected chi connectivity index (χ3v) is 31.7. The predicted octanol–water partition coefficient (Wildman–Crippen LogP) is 19.7. The molecule has 0 atom stereocenters. The van der Waals surface area contributed by atoms with Gasteiger partial charge in [0.25, 0.3) is 0 Å². The number of benzene rings is 18. The zero-order chi connectivity index (χ0) is 64.5. The molecular formula is C96H62Si2. The Morgan fingerprint density at radius 1 is 0.143 bits per heavy atom. The summed E-state index contributed by atoms with van der Waals surface area (Å²) in [5.74, 6) is 0. The van der Waals surface area contributed by atoms with Gasteiger partial charge in [-0.3, -0.25) is 0 Å². The van der Waals surface area contributed by atoms with E-state index >= 15 is 0 Å². The Bertz CT molecular complexity index is 5830. The van der Waals surface area contributed by atoms with Crippen LogP contribution < -0.4 is 41.5 Å². The Morgan fingerprint density at radius 2 is 0.418 bits per heavy atom. The van der Waals surface area contributed by atoms with E-state index in [1.165, 1.54) is 184 Å². The Hall–Kier alpha value is -12.0. The summed E-state index contributed by atoms with van der Waals surface area (Å²) in [4.78, 5) is 0. The highest BCUT2D eigenvalue weighted by Gasteiger charge is 2.51. The quantitative estimate of drug-likeness (QED) is 0.0998. The van der Waals surface area contributed by atoms with Crippen molar-refractivity contribution in [1.29, 1.82) is 0 Å². The van der Waals surface area contributed by atoms with Gasteiger partial charge in [0.1, 0.15) is 0 Å². The largest absolute Gasteiger partial charge is 0.180 e. The molecule has 98 heavy (non-hydrogen) atoms. The molecule has 0 fully saturated rings. The topological polar surface area (TPSA) is 0 Å². The van der Waals surface area contributed by atoms with Gasteiger partial charge in [-0.15, -0.1) is 0 Å². The van der Waals surface area contributed by atoms with Gasteiger partial charge >= 0.3 is 0 Å². The van der Waals surface area contributed by atoms with Crippen LogP contribution in [0.15, 0.2) is 376 Å². The minimum Gasteiger partial charge on any atom is -0.0623 e. The van der Waals surface area contributed by atoms with E-state index in [4.69, 9.17) is 0 Å². The van der Waals surface area contributed by atoms with E-state index in [9.17, 15) is 0 Å². The summed E-state index contributed by atoms with van der Waals surface area (Å²) in [5.41, 5.74) is 17.5. The Kier molecular flexibility index (Phi) is 12.8. The molecule has 2 heterocycles. The predicted molar refractivity (Wildman–Crippen MR) is 424 cm³/mol. The summed E-state index contributed by atoms with van der Waals surface area (Å²) in [5, 5.41) is 26.0. The molecule has 0 amide bonds. The molecule has 18 aromatic rings. The van der Waals surface area contributed by atoms with Gasteiger partial charge < -0.3 is 0 Å². The van der Waals surface area contributed by atoms with Gasteiger partial charge in [0.2, 0.25) is 0 Å². The highest BCUT2D eigenvalue weighted by atomic mass is 28.3. The summed E-state index contributed by atoms with van der Waals surface area (Å²) in [6, 6.07) is 144. The first kappa shape index (κ1) is 56.3. The lowest BCUT2D eigenvalue weighted by molar-refractivity contribution is 1.64. The van der Waals surface area contributed by atoms with Crippen LogP contribution in [0.3, 0.4) is 0 Å². The van der Waals surface area contributed by atoms with Crippen molar-refractivity contribution in [2.45, 2.75) is 0 Å². The number of hydrogen-bond donors (Lipinski definition) is 0. The van der Waals surface area contributed by atoms with Gasteiger partial charge in [-0.1, -0.05) is 352 Å². The minimum atomic E-state index is -2.87. The van der Waals surface area contributed by atoms with Gasteiger partial charge in [0, 0.05) is 0 Å². The van der Waals surface area contributed by atoms with Crippen molar-refractivity contribution in [3.05, 3.63) is 376 Å². The molecule has 20 rings (SSSR count). The van der Waals surface area contributed by atoms with Crippen LogP contribution in [0.4, 0.5) is 0 Å². The normalized spacial score (nSPS) is 13.3. The third-order valence-electron chi connectivity index (χ3n) is 22.0. The molecule has 2 heteroatoms. The molecular weight excluding hydrogens is 1210 g/mol. The second-order valence-corrected chi connectivity index (χ2v) is 34.2. The van der Waals surface area contributed by atoms with Crippen molar-refractivity contribution in [2.75, 3.05) is 0 Å². The van der Waals surface area contributed by atoms with Gasteiger partial charge in [0.05, 0.1) is 0 Å². The fourth-order valence-electron chi connectivity index (χ4n) is 18.0. The molecule has 2 aliphatic rings. The maximum absolute atomic E-state index is 2.87. The van der Waals surface area contributed by atoms with Crippen molar-refractivity contribution in [3.8, 4) is 77.9 Å². The average molecular weight is 1270 g/mol. The maximum atomic E-state index is 2.60. The molecule has 0 aromatic heterocycles. The maximum Gasteiger partial charge on any atom is 0.180 e. The lowest BCUT2D eigenvalue weighted by Gasteiger charge is -2.31. The number of hydrogen-bond acceptors (Lipinski definition) is 0. The standard InChI is InChI=1S/C96H62Si2/c1-5-31-69(32-6-1)97(70-33-7-2-8-34-70)89-51-19-17-39-83(89)93-77(49-25-53-91(93)97)75-43-23-47-81-87(75)62-88-76(78-50-26-54-92-94(78)84-40-18-20-52-90(84)98(92,71-35-9-3-10-36-71)72-37-11-4-12-38-72)44-24-48-82(88)96(81)95-79-45-21-41-73(67-57-55-63-27-13-15-29-65(63)59-67)85(79)61-86-74(42-22-46-80(86)95)68-58-56-64-28-14-16-30-66(64)60-68/h1-62H. The van der Waals surface area contributed by atoms with Crippen LogP contribution in [-0.4, -0.2) is 16.1 Å². The van der Waals surface area contributed by atoms with E-state index < -0.39 is 16.1 Å². The van der Waals surface area contributed by atoms with E-state index in [0.717, 1.165) is 0 Å². The van der Waals surface area contributed by atoms with Gasteiger partial charge in [0.15, 0.2) is 16.1 Å². The van der Waals surface area contributed by atoms with Crippen molar-refractivity contribution in [2.24, 2.45) is 0 Å². The van der Waals surface area contributed by atoms with Gasteiger partial charge in [-0.05, 0) is 208 Å². The van der Waals surface area contributed by atoms with Crippen LogP contribution in [0.5, 0.6) is 0 Å². The van der Waals surface area contributed by atoms with Crippen molar-refractivity contribution < 1.29 is 0 Å². The van der Waals surface area contributed by atoms with Crippen molar-refractivity contribution >= 4 is 122 Å². The Balaban J connectivity index is 0.942. The van der Waals surface area contributed by atoms with Crippen molar-refractivity contribution in [3.63, 3.8) is 0 Å². The second-order valence-electron chi connectivity index (χ2n) is 26.7. The molecule has 454 valence electrons. The average Bonchev–Trinajstić information content (AvgIpc) is 1.52. The minimum absolute atomic E-state index is 1.20. The Labute approximate surface area is 572 Å². The molecule has 0 aliphatic carbocycles. The van der Waals surface area contributed by atoms with Gasteiger partial charge in [-0.2, -0.15) is 0 Å². The molecule has 0 spiro atoms. The first-order chi connectivity index (χ1) is 48.6. The van der Waals surface area contributed by atoms with E-state index in [0.29, 0.717) is 0 Å². The molecule has 0 saturated heterocycles. The summed E-state index contributed by atoms with van der Waals surface area (Å²) >= 11 is 0. The molecule has 18 aromatic carbocycles. The van der Waals surface area contributed by atoms with Crippen LogP contribution in [0.2, 0.25) is 0 Å². The molecule has 0 nitrogen and oxygen atoms in total. The summed E-state index contributed by atoms with van der Waals surface area (Å²) in [7, 11) is -5.75. The van der Waals surface area contributed by atoms with Crippen LogP contribution in [0.25, 0.3) is 143 Å². The summed E-state index contributed by atoms with van der Waals surface area (Å²) in [6.45, 7) is 0. The van der Waals surface area contributed by atoms with E-state index in [2.05, 4.69) is 376 Å². The zero-order valence-electron chi connectivity index (χ0n) is 53.8. The highest BCUT2D eigenvalue weighted by Crippen LogP contribution is 2.52. The van der Waals surface area contributed by atoms with Crippen LogP contribution >= 0.6 is 0 Å². The van der Waals surface area contributed by atoms with Crippen molar-refractivity contribution in [1.82, 2.24) is 0 Å². The van der Waals surface area contributed by atoms with E-state index in [-0.39, 0.29) is 0 Å². The fourth-order valence-corrected chi connectivity index (χ4v) is 28.4. The van der Waals surface area contributed by atoms with E-state index in [1.807, 2.05) is 0 Å². The first-order valence-electron chi connectivity index (χ1n) is 34.3. The number of fused-ring (bicyclic) bond motifs is 12. The highest BCUT2D eigenvalue weighted by molar-refractivity contribution is 7.23. The van der Waals surface area contributed by atoms with Crippen LogP contribution in [-0.2, 0) is 0 Å². The molecule has 0 bridgehead atoms. The van der Waals surface area contributed by atoms with Crippen LogP contribution in [0.1, 0.15) is 0 Å². The first-order valence-corrected chi connectivity index (χ1v) is 38.3. The Morgan fingerprint density at radius 3 is 0.796 bits per heavy atom. The van der Waals surface area contributed by atoms with Crippen LogP contribution in [0, 0.1) is 0 Å². The summed E-state index contributed by atoms with van der Waals surface area (Å²) in [6.07, 6.45) is 0. The smallest absolute Gasteiger partial charge is 0.0623 e. The molecule has 2 aliphatic heterocycles. The lowest BCUT2D eigenvalue weighted by Crippen LogP contribution is -2.72. The van der Waals surface area contributed by atoms with Gasteiger partial charge in [-0.25, -0.2) is 0 Å².